The fourth-order valence-corrected chi connectivity index (χ4v) is 3.16. The molecule has 1 aliphatic rings. The van der Waals surface area contributed by atoms with E-state index < -0.39 is 5.82 Å². The van der Waals surface area contributed by atoms with Gasteiger partial charge in [0, 0.05) is 24.2 Å². The van der Waals surface area contributed by atoms with Crippen molar-refractivity contribution in [1.29, 1.82) is 0 Å². The monoisotopic (exact) mass is 341 g/mol. The first-order valence-electron chi connectivity index (χ1n) is 8.09. The lowest BCUT2D eigenvalue weighted by atomic mass is 10.1. The summed E-state index contributed by atoms with van der Waals surface area (Å²) >= 11 is 0. The Bertz CT molecular complexity index is 918. The molecule has 0 aliphatic carbocycles. The van der Waals surface area contributed by atoms with Crippen LogP contribution in [0.3, 0.4) is 0 Å². The van der Waals surface area contributed by atoms with E-state index in [1.165, 1.54) is 12.1 Å². The number of carbonyl (C=O) groups excluding carboxylic acids is 1. The number of aromatic nitrogens is 2. The second-order valence-electron chi connectivity index (χ2n) is 6.08. The Kier molecular flexibility index (Phi) is 3.83. The van der Waals surface area contributed by atoms with Gasteiger partial charge in [0.05, 0.1) is 11.7 Å². The van der Waals surface area contributed by atoms with Crippen molar-refractivity contribution >= 4 is 5.91 Å². The van der Waals surface area contributed by atoms with Gasteiger partial charge in [-0.1, -0.05) is 22.4 Å². The van der Waals surface area contributed by atoms with Crippen molar-refractivity contribution in [2.24, 2.45) is 0 Å². The molecule has 128 valence electrons. The van der Waals surface area contributed by atoms with Crippen LogP contribution in [0.15, 0.2) is 45.4 Å². The number of rotatable bonds is 3. The number of amides is 1. The van der Waals surface area contributed by atoms with Crippen molar-refractivity contribution in [3.8, 4) is 11.3 Å². The van der Waals surface area contributed by atoms with Crippen LogP contribution in [0.4, 0.5) is 4.39 Å². The van der Waals surface area contributed by atoms with Crippen molar-refractivity contribution in [2.75, 3.05) is 6.54 Å². The summed E-state index contributed by atoms with van der Waals surface area (Å²) in [5, 5.41) is 7.73. The molecule has 1 unspecified atom stereocenters. The summed E-state index contributed by atoms with van der Waals surface area (Å²) in [5.74, 6) is 0.0520. The SMILES string of the molecule is Cc1cc(C2CCCN2C(=O)c2cc(-c3ccccc3F)no2)on1. The number of benzene rings is 1. The van der Waals surface area contributed by atoms with Crippen LogP contribution in [0.5, 0.6) is 0 Å². The Balaban J connectivity index is 1.60. The summed E-state index contributed by atoms with van der Waals surface area (Å²) in [4.78, 5) is 14.5. The van der Waals surface area contributed by atoms with Crippen molar-refractivity contribution < 1.29 is 18.2 Å². The third-order valence-corrected chi connectivity index (χ3v) is 4.36. The molecule has 7 heteroatoms. The van der Waals surface area contributed by atoms with E-state index in [-0.39, 0.29) is 17.7 Å². The Labute approximate surface area is 143 Å². The Morgan fingerprint density at radius 1 is 1.24 bits per heavy atom. The summed E-state index contributed by atoms with van der Waals surface area (Å²) in [7, 11) is 0. The third kappa shape index (κ3) is 2.82. The Morgan fingerprint density at radius 3 is 2.84 bits per heavy atom. The highest BCUT2D eigenvalue weighted by molar-refractivity contribution is 5.92. The van der Waals surface area contributed by atoms with Crippen molar-refractivity contribution in [3.63, 3.8) is 0 Å². The van der Waals surface area contributed by atoms with Gasteiger partial charge < -0.3 is 13.9 Å². The maximum atomic E-state index is 13.9. The van der Waals surface area contributed by atoms with E-state index in [1.807, 2.05) is 13.0 Å². The molecule has 1 saturated heterocycles. The third-order valence-electron chi connectivity index (χ3n) is 4.36. The summed E-state index contributed by atoms with van der Waals surface area (Å²) in [6.07, 6.45) is 1.67. The van der Waals surface area contributed by atoms with Crippen LogP contribution in [0.1, 0.15) is 40.9 Å². The quantitative estimate of drug-likeness (QED) is 0.725. The number of aryl methyl sites for hydroxylation is 1. The van der Waals surface area contributed by atoms with Gasteiger partial charge in [-0.05, 0) is 31.9 Å². The molecule has 1 aliphatic heterocycles. The summed E-state index contributed by atoms with van der Waals surface area (Å²) in [5.41, 5.74) is 1.37. The second kappa shape index (κ2) is 6.16. The lowest BCUT2D eigenvalue weighted by Gasteiger charge is -2.20. The maximum absolute atomic E-state index is 13.9. The van der Waals surface area contributed by atoms with Gasteiger partial charge in [0.2, 0.25) is 5.76 Å². The van der Waals surface area contributed by atoms with E-state index in [1.54, 1.807) is 23.1 Å². The first-order valence-corrected chi connectivity index (χ1v) is 8.09. The second-order valence-corrected chi connectivity index (χ2v) is 6.08. The van der Waals surface area contributed by atoms with E-state index in [0.717, 1.165) is 18.5 Å². The predicted molar refractivity (Wildman–Crippen MR) is 86.1 cm³/mol. The van der Waals surface area contributed by atoms with Gasteiger partial charge in [0.15, 0.2) is 5.76 Å². The van der Waals surface area contributed by atoms with Crippen LogP contribution in [-0.2, 0) is 0 Å². The van der Waals surface area contributed by atoms with Gasteiger partial charge in [-0.15, -0.1) is 0 Å². The van der Waals surface area contributed by atoms with Crippen LogP contribution in [0.25, 0.3) is 11.3 Å². The summed E-state index contributed by atoms with van der Waals surface area (Å²) in [6.45, 7) is 2.43. The van der Waals surface area contributed by atoms with Gasteiger partial charge in [0.25, 0.3) is 5.91 Å². The number of halogens is 1. The normalized spacial score (nSPS) is 17.2. The van der Waals surface area contributed by atoms with Crippen LogP contribution < -0.4 is 0 Å². The van der Waals surface area contributed by atoms with Crippen molar-refractivity contribution in [1.82, 2.24) is 15.2 Å². The molecule has 1 atom stereocenters. The van der Waals surface area contributed by atoms with Crippen LogP contribution in [-0.4, -0.2) is 27.7 Å². The smallest absolute Gasteiger partial charge is 0.293 e. The van der Waals surface area contributed by atoms with Gasteiger partial charge in [0.1, 0.15) is 11.5 Å². The Hall–Kier alpha value is -2.96. The Morgan fingerprint density at radius 2 is 2.08 bits per heavy atom. The number of hydrogen-bond acceptors (Lipinski definition) is 5. The van der Waals surface area contributed by atoms with Crippen LogP contribution in [0.2, 0.25) is 0 Å². The molecule has 3 aromatic rings. The molecule has 1 fully saturated rings. The standard InChI is InChI=1S/C18H16FN3O3/c1-11-9-16(24-20-11)15-7-4-8-22(15)18(23)17-10-14(21-25-17)12-5-2-3-6-13(12)19/h2-3,5-6,9-10,15H,4,7-8H2,1H3. The summed E-state index contributed by atoms with van der Waals surface area (Å²) < 4.78 is 24.4. The molecule has 1 amide bonds. The lowest BCUT2D eigenvalue weighted by molar-refractivity contribution is 0.0672. The molecule has 0 spiro atoms. The fraction of sp³-hybridized carbons (Fsp3) is 0.278. The van der Waals surface area contributed by atoms with E-state index in [2.05, 4.69) is 10.3 Å². The molecule has 0 radical (unpaired) electrons. The first kappa shape index (κ1) is 15.6. The van der Waals surface area contributed by atoms with Crippen molar-refractivity contribution in [2.45, 2.75) is 25.8 Å². The average Bonchev–Trinajstić information content (AvgIpc) is 3.34. The first-order chi connectivity index (χ1) is 12.1. The largest absolute Gasteiger partial charge is 0.359 e. The highest BCUT2D eigenvalue weighted by Gasteiger charge is 2.35. The van der Waals surface area contributed by atoms with E-state index in [4.69, 9.17) is 9.05 Å². The molecule has 0 saturated carbocycles. The minimum Gasteiger partial charge on any atom is -0.359 e. The minimum atomic E-state index is -0.411. The maximum Gasteiger partial charge on any atom is 0.293 e. The van der Waals surface area contributed by atoms with Crippen molar-refractivity contribution in [3.05, 3.63) is 59.4 Å². The van der Waals surface area contributed by atoms with Gasteiger partial charge in [-0.3, -0.25) is 4.79 Å². The highest BCUT2D eigenvalue weighted by atomic mass is 19.1. The highest BCUT2D eigenvalue weighted by Crippen LogP contribution is 2.34. The molecule has 3 heterocycles. The molecule has 25 heavy (non-hydrogen) atoms. The molecule has 6 nitrogen and oxygen atoms in total. The summed E-state index contributed by atoms with van der Waals surface area (Å²) in [6, 6.07) is 9.38. The molecule has 0 bridgehead atoms. The van der Waals surface area contributed by atoms with E-state index in [0.29, 0.717) is 23.6 Å². The zero-order chi connectivity index (χ0) is 17.4. The number of carbonyl (C=O) groups is 1. The molecule has 1 aromatic carbocycles. The topological polar surface area (TPSA) is 72.4 Å². The van der Waals surface area contributed by atoms with E-state index >= 15 is 0 Å². The lowest BCUT2D eigenvalue weighted by Crippen LogP contribution is -2.30. The minimum absolute atomic E-state index is 0.0846. The molecule has 4 rings (SSSR count). The van der Waals surface area contributed by atoms with Gasteiger partial charge in [-0.25, -0.2) is 4.39 Å². The predicted octanol–water partition coefficient (Wildman–Crippen LogP) is 3.75. The number of nitrogens with zero attached hydrogens (tertiary/aromatic N) is 3. The van der Waals surface area contributed by atoms with Gasteiger partial charge >= 0.3 is 0 Å². The fourth-order valence-electron chi connectivity index (χ4n) is 3.16. The molecule has 2 aromatic heterocycles. The molecule has 0 N–H and O–H groups in total. The molecular formula is C18H16FN3O3. The number of likely N-dealkylation sites (tertiary alicyclic amines) is 1. The van der Waals surface area contributed by atoms with Gasteiger partial charge in [-0.2, -0.15) is 0 Å². The zero-order valence-corrected chi connectivity index (χ0v) is 13.6. The van der Waals surface area contributed by atoms with Crippen LogP contribution in [0, 0.1) is 12.7 Å². The average molecular weight is 341 g/mol. The number of hydrogen-bond donors (Lipinski definition) is 0. The van der Waals surface area contributed by atoms with Crippen LogP contribution >= 0.6 is 0 Å². The zero-order valence-electron chi connectivity index (χ0n) is 13.6. The van der Waals surface area contributed by atoms with E-state index in [9.17, 15) is 9.18 Å². The molecular weight excluding hydrogens is 325 g/mol.